The molecule has 0 aromatic heterocycles. The molecule has 0 atom stereocenters. The van der Waals surface area contributed by atoms with Crippen molar-refractivity contribution in [1.29, 1.82) is 0 Å². The van der Waals surface area contributed by atoms with Gasteiger partial charge < -0.3 is 14.6 Å². The quantitative estimate of drug-likeness (QED) is 0.710. The average molecular weight is 301 g/mol. The fourth-order valence-electron chi connectivity index (χ4n) is 1.82. The van der Waals surface area contributed by atoms with E-state index in [1.165, 1.54) is 19.2 Å². The number of benzene rings is 1. The molecule has 21 heavy (non-hydrogen) atoms. The SMILES string of the molecule is C=CCN(CC(=O)O)Cc1ccc(OC(F)F)c(OC)c1. The third kappa shape index (κ3) is 5.78. The Morgan fingerprint density at radius 1 is 1.48 bits per heavy atom. The molecule has 0 heterocycles. The third-order valence-corrected chi connectivity index (χ3v) is 2.60. The van der Waals surface area contributed by atoms with Crippen molar-refractivity contribution < 1.29 is 28.2 Å². The van der Waals surface area contributed by atoms with Crippen LogP contribution in [-0.2, 0) is 11.3 Å². The fraction of sp³-hybridized carbons (Fsp3) is 0.357. The number of hydrogen-bond acceptors (Lipinski definition) is 4. The Labute approximate surface area is 121 Å². The molecule has 0 unspecified atom stereocenters. The predicted octanol–water partition coefficient (Wildman–Crippen LogP) is 2.37. The summed E-state index contributed by atoms with van der Waals surface area (Å²) in [7, 11) is 1.34. The molecule has 5 nitrogen and oxygen atoms in total. The number of aliphatic carboxylic acids is 1. The molecule has 7 heteroatoms. The van der Waals surface area contributed by atoms with E-state index in [1.54, 1.807) is 17.0 Å². The van der Waals surface area contributed by atoms with E-state index < -0.39 is 12.6 Å². The van der Waals surface area contributed by atoms with Gasteiger partial charge in [-0.2, -0.15) is 8.78 Å². The first kappa shape index (κ1) is 16.9. The maximum atomic E-state index is 12.2. The van der Waals surface area contributed by atoms with Crippen molar-refractivity contribution in [3.8, 4) is 11.5 Å². The molecular weight excluding hydrogens is 284 g/mol. The van der Waals surface area contributed by atoms with Crippen LogP contribution in [0.5, 0.6) is 11.5 Å². The van der Waals surface area contributed by atoms with Crippen molar-refractivity contribution >= 4 is 5.97 Å². The minimum absolute atomic E-state index is 0.0650. The minimum Gasteiger partial charge on any atom is -0.493 e. The molecule has 0 radical (unpaired) electrons. The van der Waals surface area contributed by atoms with Crippen LogP contribution in [0.3, 0.4) is 0 Å². The summed E-state index contributed by atoms with van der Waals surface area (Å²) in [5, 5.41) is 8.83. The summed E-state index contributed by atoms with van der Waals surface area (Å²) in [4.78, 5) is 12.4. The highest BCUT2D eigenvalue weighted by Crippen LogP contribution is 2.29. The van der Waals surface area contributed by atoms with Gasteiger partial charge in [0.15, 0.2) is 11.5 Å². The summed E-state index contributed by atoms with van der Waals surface area (Å²) in [5.41, 5.74) is 0.719. The van der Waals surface area contributed by atoms with Gasteiger partial charge in [-0.15, -0.1) is 6.58 Å². The van der Waals surface area contributed by atoms with Gasteiger partial charge in [-0.05, 0) is 17.7 Å². The molecule has 0 aliphatic carbocycles. The standard InChI is InChI=1S/C14H17F2NO4/c1-3-6-17(9-13(18)19)8-10-4-5-11(21-14(15)16)12(7-10)20-2/h3-5,7,14H,1,6,8-9H2,2H3,(H,18,19). The van der Waals surface area contributed by atoms with E-state index in [4.69, 9.17) is 9.84 Å². The van der Waals surface area contributed by atoms with Gasteiger partial charge in [-0.25, -0.2) is 0 Å². The number of alkyl halides is 2. The van der Waals surface area contributed by atoms with Gasteiger partial charge in [0, 0.05) is 13.1 Å². The summed E-state index contributed by atoms with van der Waals surface area (Å²) in [5.74, 6) is -0.854. The van der Waals surface area contributed by atoms with Crippen molar-refractivity contribution in [2.24, 2.45) is 0 Å². The van der Waals surface area contributed by atoms with Crippen LogP contribution in [0.2, 0.25) is 0 Å². The van der Waals surface area contributed by atoms with E-state index in [2.05, 4.69) is 11.3 Å². The van der Waals surface area contributed by atoms with Gasteiger partial charge in [0.2, 0.25) is 0 Å². The van der Waals surface area contributed by atoms with Crippen LogP contribution in [0.4, 0.5) is 8.78 Å². The van der Waals surface area contributed by atoms with Crippen LogP contribution in [0.15, 0.2) is 30.9 Å². The molecule has 0 amide bonds. The highest BCUT2D eigenvalue weighted by Gasteiger charge is 2.13. The maximum Gasteiger partial charge on any atom is 0.387 e. The summed E-state index contributed by atoms with van der Waals surface area (Å²) < 4.78 is 33.8. The van der Waals surface area contributed by atoms with E-state index in [0.717, 1.165) is 5.56 Å². The second-order valence-corrected chi connectivity index (χ2v) is 4.22. The highest BCUT2D eigenvalue weighted by molar-refractivity contribution is 5.69. The van der Waals surface area contributed by atoms with Crippen LogP contribution in [0.25, 0.3) is 0 Å². The lowest BCUT2D eigenvalue weighted by molar-refractivity contribution is -0.138. The number of ether oxygens (including phenoxy) is 2. The van der Waals surface area contributed by atoms with Gasteiger partial charge in [-0.1, -0.05) is 12.1 Å². The van der Waals surface area contributed by atoms with Crippen LogP contribution in [-0.4, -0.2) is 42.8 Å². The Bertz CT molecular complexity index is 494. The predicted molar refractivity (Wildman–Crippen MR) is 72.7 cm³/mol. The molecule has 1 aromatic rings. The minimum atomic E-state index is -2.94. The zero-order valence-electron chi connectivity index (χ0n) is 11.6. The summed E-state index contributed by atoms with van der Waals surface area (Å²) in [6.07, 6.45) is 1.59. The zero-order valence-corrected chi connectivity index (χ0v) is 11.6. The Hall–Kier alpha value is -2.15. The fourth-order valence-corrected chi connectivity index (χ4v) is 1.82. The molecule has 0 fully saturated rings. The van der Waals surface area contributed by atoms with Crippen molar-refractivity contribution in [3.05, 3.63) is 36.4 Å². The molecule has 1 N–H and O–H groups in total. The molecule has 0 aliphatic heterocycles. The van der Waals surface area contributed by atoms with Gasteiger partial charge in [-0.3, -0.25) is 9.69 Å². The lowest BCUT2D eigenvalue weighted by atomic mass is 10.2. The van der Waals surface area contributed by atoms with Crippen molar-refractivity contribution in [3.63, 3.8) is 0 Å². The summed E-state index contributed by atoms with van der Waals surface area (Å²) >= 11 is 0. The van der Waals surface area contributed by atoms with E-state index in [-0.39, 0.29) is 18.0 Å². The molecule has 116 valence electrons. The van der Waals surface area contributed by atoms with Gasteiger partial charge in [0.05, 0.1) is 13.7 Å². The first-order valence-electron chi connectivity index (χ1n) is 6.13. The topological polar surface area (TPSA) is 59.0 Å². The number of rotatable bonds is 9. The third-order valence-electron chi connectivity index (χ3n) is 2.60. The largest absolute Gasteiger partial charge is 0.493 e. The second-order valence-electron chi connectivity index (χ2n) is 4.22. The number of carboxylic acids is 1. The normalized spacial score (nSPS) is 10.7. The van der Waals surface area contributed by atoms with Crippen LogP contribution in [0, 0.1) is 0 Å². The Kier molecular flexibility index (Phi) is 6.61. The van der Waals surface area contributed by atoms with Gasteiger partial charge in [0.25, 0.3) is 0 Å². The van der Waals surface area contributed by atoms with E-state index in [1.807, 2.05) is 0 Å². The average Bonchev–Trinajstić information content (AvgIpc) is 2.39. The van der Waals surface area contributed by atoms with Crippen LogP contribution in [0.1, 0.15) is 5.56 Å². The number of hydrogen-bond donors (Lipinski definition) is 1. The lowest BCUT2D eigenvalue weighted by Crippen LogP contribution is -2.29. The first-order valence-corrected chi connectivity index (χ1v) is 6.13. The van der Waals surface area contributed by atoms with E-state index in [9.17, 15) is 13.6 Å². The van der Waals surface area contributed by atoms with Crippen molar-refractivity contribution in [1.82, 2.24) is 4.90 Å². The smallest absolute Gasteiger partial charge is 0.387 e. The lowest BCUT2D eigenvalue weighted by Gasteiger charge is -2.19. The number of methoxy groups -OCH3 is 1. The van der Waals surface area contributed by atoms with Gasteiger partial charge in [0.1, 0.15) is 0 Å². The number of carboxylic acid groups (broad SMARTS) is 1. The molecule has 1 rings (SSSR count). The Morgan fingerprint density at radius 2 is 2.19 bits per heavy atom. The zero-order chi connectivity index (χ0) is 15.8. The summed E-state index contributed by atoms with van der Waals surface area (Å²) in [6, 6.07) is 4.49. The Balaban J connectivity index is 2.86. The molecule has 0 aliphatic rings. The van der Waals surface area contributed by atoms with Gasteiger partial charge >= 0.3 is 12.6 Å². The molecular formula is C14H17F2NO4. The molecule has 0 saturated carbocycles. The molecule has 0 spiro atoms. The first-order chi connectivity index (χ1) is 9.96. The molecule has 1 aromatic carbocycles. The monoisotopic (exact) mass is 301 g/mol. The van der Waals surface area contributed by atoms with Crippen LogP contribution >= 0.6 is 0 Å². The second kappa shape index (κ2) is 8.21. The van der Waals surface area contributed by atoms with E-state index >= 15 is 0 Å². The maximum absolute atomic E-state index is 12.2. The van der Waals surface area contributed by atoms with E-state index in [0.29, 0.717) is 13.1 Å². The van der Waals surface area contributed by atoms with Crippen LogP contribution < -0.4 is 9.47 Å². The Morgan fingerprint density at radius 3 is 2.71 bits per heavy atom. The van der Waals surface area contributed by atoms with Crippen molar-refractivity contribution in [2.75, 3.05) is 20.2 Å². The number of nitrogens with zero attached hydrogens (tertiary/aromatic N) is 1. The number of carbonyl (C=O) groups is 1. The number of halogens is 2. The van der Waals surface area contributed by atoms with Crippen molar-refractivity contribution in [2.45, 2.75) is 13.2 Å². The summed E-state index contributed by atoms with van der Waals surface area (Å²) in [6.45, 7) is 1.20. The highest BCUT2D eigenvalue weighted by atomic mass is 19.3. The molecule has 0 saturated heterocycles. The molecule has 0 bridgehead atoms.